The molecule has 9 nitrogen and oxygen atoms in total. The number of methoxy groups -OCH3 is 2. The fourth-order valence-corrected chi connectivity index (χ4v) is 3.46. The summed E-state index contributed by atoms with van der Waals surface area (Å²) >= 11 is 0. The zero-order chi connectivity index (χ0) is 20.8. The van der Waals surface area contributed by atoms with Gasteiger partial charge in [0.25, 0.3) is 11.5 Å². The van der Waals surface area contributed by atoms with E-state index in [1.165, 1.54) is 18.6 Å². The molecular formula is C20H22N4O5. The Balaban J connectivity index is 1.67. The largest absolute Gasteiger partial charge is 0.352 e. The van der Waals surface area contributed by atoms with Crippen LogP contribution in [-0.4, -0.2) is 52.7 Å². The molecule has 0 saturated heterocycles. The zero-order valence-corrected chi connectivity index (χ0v) is 16.6. The molecular weight excluding hydrogens is 376 g/mol. The molecule has 0 bridgehead atoms. The average molecular weight is 398 g/mol. The standard InChI is InChI=1S/C20H22N4O5/c1-12-6-5-9-24-16(12)22-17-13(19(24)26)10-14(23(17)2)18(25)21-11-20(28-4)8-7-15(27-3)29-20/h5-10,15H,11H2,1-4H3,(H,21,25)/t15-,20+/m1/s1. The number of hydrogen-bond donors (Lipinski definition) is 1. The molecule has 0 unspecified atom stereocenters. The second-order valence-corrected chi connectivity index (χ2v) is 6.91. The first-order valence-electron chi connectivity index (χ1n) is 9.10. The lowest BCUT2D eigenvalue weighted by Crippen LogP contribution is -2.45. The van der Waals surface area contributed by atoms with Crippen molar-refractivity contribution < 1.29 is 19.0 Å². The van der Waals surface area contributed by atoms with Gasteiger partial charge in [0, 0.05) is 27.5 Å². The molecule has 9 heteroatoms. The van der Waals surface area contributed by atoms with Crippen LogP contribution in [0.3, 0.4) is 0 Å². The predicted molar refractivity (Wildman–Crippen MR) is 106 cm³/mol. The summed E-state index contributed by atoms with van der Waals surface area (Å²) in [6.07, 6.45) is 4.55. The van der Waals surface area contributed by atoms with Gasteiger partial charge in [-0.15, -0.1) is 0 Å². The molecule has 2 atom stereocenters. The number of nitrogens with zero attached hydrogens (tertiary/aromatic N) is 3. The number of carbonyl (C=O) groups is 1. The Hall–Kier alpha value is -3.01. The van der Waals surface area contributed by atoms with Crippen LogP contribution >= 0.6 is 0 Å². The first-order valence-corrected chi connectivity index (χ1v) is 9.10. The monoisotopic (exact) mass is 398 g/mol. The normalized spacial score (nSPS) is 21.3. The third kappa shape index (κ3) is 3.13. The summed E-state index contributed by atoms with van der Waals surface area (Å²) in [5.41, 5.74) is 1.98. The number of amides is 1. The number of fused-ring (bicyclic) bond motifs is 2. The van der Waals surface area contributed by atoms with Crippen LogP contribution in [0.2, 0.25) is 0 Å². The Morgan fingerprint density at radius 3 is 2.86 bits per heavy atom. The van der Waals surface area contributed by atoms with E-state index in [4.69, 9.17) is 14.2 Å². The van der Waals surface area contributed by atoms with Crippen LogP contribution in [0.1, 0.15) is 16.1 Å². The van der Waals surface area contributed by atoms with E-state index >= 15 is 0 Å². The third-order valence-corrected chi connectivity index (χ3v) is 5.15. The molecule has 4 heterocycles. The summed E-state index contributed by atoms with van der Waals surface area (Å²) in [4.78, 5) is 30.3. The van der Waals surface area contributed by atoms with Gasteiger partial charge in [0.15, 0.2) is 6.29 Å². The van der Waals surface area contributed by atoms with E-state index in [0.29, 0.717) is 22.4 Å². The third-order valence-electron chi connectivity index (χ3n) is 5.15. The van der Waals surface area contributed by atoms with E-state index in [-0.39, 0.29) is 18.0 Å². The number of pyridine rings is 1. The van der Waals surface area contributed by atoms with Crippen LogP contribution in [0.15, 0.2) is 41.3 Å². The van der Waals surface area contributed by atoms with Crippen LogP contribution < -0.4 is 10.9 Å². The van der Waals surface area contributed by atoms with Crippen molar-refractivity contribution in [1.82, 2.24) is 19.3 Å². The summed E-state index contributed by atoms with van der Waals surface area (Å²) in [6, 6.07) is 5.23. The van der Waals surface area contributed by atoms with E-state index < -0.39 is 12.1 Å². The van der Waals surface area contributed by atoms with Crippen molar-refractivity contribution in [2.45, 2.75) is 19.0 Å². The van der Waals surface area contributed by atoms with E-state index in [2.05, 4.69) is 10.3 Å². The lowest BCUT2D eigenvalue weighted by Gasteiger charge is -2.27. The highest BCUT2D eigenvalue weighted by Gasteiger charge is 2.36. The molecule has 0 spiro atoms. The first-order chi connectivity index (χ1) is 13.9. The molecule has 3 aromatic rings. The second kappa shape index (κ2) is 7.11. The van der Waals surface area contributed by atoms with E-state index in [0.717, 1.165) is 5.56 Å². The molecule has 0 fully saturated rings. The van der Waals surface area contributed by atoms with Crippen LogP contribution in [-0.2, 0) is 21.3 Å². The van der Waals surface area contributed by atoms with Gasteiger partial charge < -0.3 is 24.1 Å². The highest BCUT2D eigenvalue weighted by Crippen LogP contribution is 2.24. The quantitative estimate of drug-likeness (QED) is 0.647. The number of rotatable bonds is 5. The summed E-state index contributed by atoms with van der Waals surface area (Å²) in [6.45, 7) is 1.96. The smallest absolute Gasteiger partial charge is 0.268 e. The number of nitrogens with one attached hydrogen (secondary N) is 1. The van der Waals surface area contributed by atoms with Crippen LogP contribution in [0.5, 0.6) is 0 Å². The van der Waals surface area contributed by atoms with Crippen molar-refractivity contribution >= 4 is 22.6 Å². The maximum absolute atomic E-state index is 12.9. The van der Waals surface area contributed by atoms with Crippen LogP contribution in [0, 0.1) is 6.92 Å². The van der Waals surface area contributed by atoms with Crippen LogP contribution in [0.25, 0.3) is 16.7 Å². The fourth-order valence-electron chi connectivity index (χ4n) is 3.46. The maximum Gasteiger partial charge on any atom is 0.268 e. The molecule has 0 saturated carbocycles. The second-order valence-electron chi connectivity index (χ2n) is 6.91. The van der Waals surface area contributed by atoms with Gasteiger partial charge in [-0.25, -0.2) is 4.98 Å². The summed E-state index contributed by atoms with van der Waals surface area (Å²) in [7, 11) is 4.72. The maximum atomic E-state index is 12.9. The van der Waals surface area contributed by atoms with Gasteiger partial charge in [0.1, 0.15) is 17.0 Å². The predicted octanol–water partition coefficient (Wildman–Crippen LogP) is 1.13. The lowest BCUT2D eigenvalue weighted by molar-refractivity contribution is -0.238. The Morgan fingerprint density at radius 2 is 2.17 bits per heavy atom. The molecule has 152 valence electrons. The summed E-state index contributed by atoms with van der Waals surface area (Å²) < 4.78 is 19.3. The van der Waals surface area contributed by atoms with Gasteiger partial charge >= 0.3 is 0 Å². The van der Waals surface area contributed by atoms with Gasteiger partial charge in [-0.3, -0.25) is 14.0 Å². The Morgan fingerprint density at radius 1 is 1.38 bits per heavy atom. The van der Waals surface area contributed by atoms with Crippen molar-refractivity contribution in [3.05, 3.63) is 58.2 Å². The Kier molecular flexibility index (Phi) is 4.73. The van der Waals surface area contributed by atoms with Gasteiger partial charge in [0.05, 0.1) is 11.9 Å². The first kappa shape index (κ1) is 19.3. The minimum atomic E-state index is -1.11. The van der Waals surface area contributed by atoms with Crippen LogP contribution in [0.4, 0.5) is 0 Å². The molecule has 1 amide bonds. The van der Waals surface area contributed by atoms with Crippen molar-refractivity contribution in [3.63, 3.8) is 0 Å². The van der Waals surface area contributed by atoms with Crippen molar-refractivity contribution in [1.29, 1.82) is 0 Å². The minimum absolute atomic E-state index is 0.0771. The van der Waals surface area contributed by atoms with E-state index in [9.17, 15) is 9.59 Å². The molecule has 0 aromatic carbocycles. The average Bonchev–Trinajstić information content (AvgIpc) is 3.30. The SMILES string of the molecule is CO[C@H]1C=C[C@](CNC(=O)c2cc3c(=O)n4cccc(C)c4nc3n2C)(OC)O1. The highest BCUT2D eigenvalue weighted by atomic mass is 16.8. The molecule has 3 aromatic heterocycles. The minimum Gasteiger partial charge on any atom is -0.352 e. The number of ether oxygens (including phenoxy) is 3. The van der Waals surface area contributed by atoms with Crippen molar-refractivity contribution in [3.8, 4) is 0 Å². The van der Waals surface area contributed by atoms with E-state index in [1.54, 1.807) is 42.1 Å². The Labute approximate surface area is 166 Å². The fraction of sp³-hybridized carbons (Fsp3) is 0.350. The number of hydrogen-bond acceptors (Lipinski definition) is 6. The molecule has 0 aliphatic carbocycles. The molecule has 1 aliphatic heterocycles. The summed E-state index contributed by atoms with van der Waals surface area (Å²) in [5.74, 6) is -1.48. The Bertz CT molecular complexity index is 1200. The van der Waals surface area contributed by atoms with E-state index in [1.807, 2.05) is 13.0 Å². The number of aryl methyl sites for hydroxylation is 2. The number of carbonyl (C=O) groups excluding carboxylic acids is 1. The number of aromatic nitrogens is 3. The molecule has 1 N–H and O–H groups in total. The summed E-state index contributed by atoms with van der Waals surface area (Å²) in [5, 5.41) is 3.17. The lowest BCUT2D eigenvalue weighted by atomic mass is 10.2. The molecule has 1 aliphatic rings. The zero-order valence-electron chi connectivity index (χ0n) is 16.6. The van der Waals surface area contributed by atoms with Gasteiger partial charge in [-0.05, 0) is 36.8 Å². The molecule has 4 rings (SSSR count). The molecule has 0 radical (unpaired) electrons. The van der Waals surface area contributed by atoms with Crippen molar-refractivity contribution in [2.24, 2.45) is 7.05 Å². The molecule has 29 heavy (non-hydrogen) atoms. The highest BCUT2D eigenvalue weighted by molar-refractivity contribution is 5.98. The van der Waals surface area contributed by atoms with Crippen molar-refractivity contribution in [2.75, 3.05) is 20.8 Å². The van der Waals surface area contributed by atoms with Gasteiger partial charge in [0.2, 0.25) is 5.79 Å². The van der Waals surface area contributed by atoms with Gasteiger partial charge in [-0.2, -0.15) is 0 Å². The topological polar surface area (TPSA) is 96.1 Å². The van der Waals surface area contributed by atoms with Gasteiger partial charge in [-0.1, -0.05) is 6.07 Å².